The van der Waals surface area contributed by atoms with E-state index in [1.165, 1.54) is 13.3 Å². The zero-order chi connectivity index (χ0) is 14.3. The van der Waals surface area contributed by atoms with E-state index in [2.05, 4.69) is 10.3 Å². The van der Waals surface area contributed by atoms with Crippen molar-refractivity contribution in [1.29, 1.82) is 0 Å². The fourth-order valence-corrected chi connectivity index (χ4v) is 1.37. The summed E-state index contributed by atoms with van der Waals surface area (Å²) in [5.41, 5.74) is 0.0350. The van der Waals surface area contributed by atoms with Gasteiger partial charge in [-0.05, 0) is 19.1 Å². The van der Waals surface area contributed by atoms with Gasteiger partial charge in [-0.25, -0.2) is 9.78 Å². The minimum atomic E-state index is -1.13. The number of aliphatic hydroxyl groups excluding tert-OH is 1. The highest BCUT2D eigenvalue weighted by molar-refractivity contribution is 5.97. The molecule has 0 aliphatic rings. The van der Waals surface area contributed by atoms with Gasteiger partial charge in [0.2, 0.25) is 0 Å². The standard InChI is InChI=1S/C12H16N2O5/c1-3-19-12(17)8(7-15)14-11(16)10-9(18-2)5-4-6-13-10/h4-6,8,15H,3,7H2,1-2H3,(H,14,16)/t8-/m0/s1. The Hall–Kier alpha value is -2.15. The van der Waals surface area contributed by atoms with Crippen LogP contribution in [0.3, 0.4) is 0 Å². The van der Waals surface area contributed by atoms with Crippen LogP contribution < -0.4 is 10.1 Å². The van der Waals surface area contributed by atoms with E-state index in [-0.39, 0.29) is 18.1 Å². The lowest BCUT2D eigenvalue weighted by molar-refractivity contribution is -0.146. The van der Waals surface area contributed by atoms with Gasteiger partial charge in [0.25, 0.3) is 5.91 Å². The molecule has 0 spiro atoms. The zero-order valence-electron chi connectivity index (χ0n) is 10.8. The molecule has 1 amide bonds. The van der Waals surface area contributed by atoms with E-state index in [0.717, 1.165) is 0 Å². The highest BCUT2D eigenvalue weighted by Gasteiger charge is 2.23. The van der Waals surface area contributed by atoms with Crippen molar-refractivity contribution in [3.63, 3.8) is 0 Å². The second-order valence-corrected chi connectivity index (χ2v) is 3.51. The molecule has 1 aromatic heterocycles. The number of hydrogen-bond acceptors (Lipinski definition) is 6. The summed E-state index contributed by atoms with van der Waals surface area (Å²) < 4.78 is 9.71. The number of amides is 1. The maximum atomic E-state index is 11.9. The van der Waals surface area contributed by atoms with Crippen molar-refractivity contribution < 1.29 is 24.2 Å². The highest BCUT2D eigenvalue weighted by atomic mass is 16.5. The number of carbonyl (C=O) groups excluding carboxylic acids is 2. The average molecular weight is 268 g/mol. The molecule has 19 heavy (non-hydrogen) atoms. The number of aromatic nitrogens is 1. The van der Waals surface area contributed by atoms with E-state index in [1.54, 1.807) is 19.1 Å². The largest absolute Gasteiger partial charge is 0.494 e. The molecule has 104 valence electrons. The van der Waals surface area contributed by atoms with Gasteiger partial charge >= 0.3 is 5.97 Å². The van der Waals surface area contributed by atoms with Crippen LogP contribution in [0.4, 0.5) is 0 Å². The second kappa shape index (κ2) is 7.32. The first kappa shape index (κ1) is 14.9. The van der Waals surface area contributed by atoms with Gasteiger partial charge in [-0.3, -0.25) is 4.79 Å². The molecule has 0 bridgehead atoms. The Morgan fingerprint density at radius 2 is 2.26 bits per heavy atom. The van der Waals surface area contributed by atoms with Gasteiger partial charge < -0.3 is 19.9 Å². The first-order valence-electron chi connectivity index (χ1n) is 5.71. The summed E-state index contributed by atoms with van der Waals surface area (Å²) >= 11 is 0. The number of methoxy groups -OCH3 is 1. The molecule has 7 nitrogen and oxygen atoms in total. The van der Waals surface area contributed by atoms with Crippen LogP contribution in [-0.4, -0.2) is 48.3 Å². The molecule has 1 rings (SSSR count). The van der Waals surface area contributed by atoms with Crippen LogP contribution in [0.1, 0.15) is 17.4 Å². The van der Waals surface area contributed by atoms with Crippen molar-refractivity contribution >= 4 is 11.9 Å². The van der Waals surface area contributed by atoms with E-state index >= 15 is 0 Å². The third-order valence-corrected chi connectivity index (χ3v) is 2.26. The van der Waals surface area contributed by atoms with E-state index in [0.29, 0.717) is 0 Å². The Kier molecular flexibility index (Phi) is 5.74. The minimum Gasteiger partial charge on any atom is -0.494 e. The molecule has 0 fully saturated rings. The van der Waals surface area contributed by atoms with Crippen molar-refractivity contribution in [2.75, 3.05) is 20.3 Å². The minimum absolute atomic E-state index is 0.0350. The van der Waals surface area contributed by atoms with Crippen molar-refractivity contribution in [1.82, 2.24) is 10.3 Å². The molecule has 2 N–H and O–H groups in total. The van der Waals surface area contributed by atoms with Gasteiger partial charge in [-0.15, -0.1) is 0 Å². The lowest BCUT2D eigenvalue weighted by Gasteiger charge is -2.15. The summed E-state index contributed by atoms with van der Waals surface area (Å²) in [6.45, 7) is 1.24. The maximum absolute atomic E-state index is 11.9. The fourth-order valence-electron chi connectivity index (χ4n) is 1.37. The van der Waals surface area contributed by atoms with Crippen LogP contribution in [0.15, 0.2) is 18.3 Å². The van der Waals surface area contributed by atoms with Gasteiger partial charge in [0.15, 0.2) is 11.7 Å². The predicted octanol–water partition coefficient (Wildman–Crippen LogP) is -0.256. The van der Waals surface area contributed by atoms with Gasteiger partial charge in [0.05, 0.1) is 20.3 Å². The average Bonchev–Trinajstić information content (AvgIpc) is 2.44. The van der Waals surface area contributed by atoms with Gasteiger partial charge in [-0.2, -0.15) is 0 Å². The number of esters is 1. The Labute approximate surface area is 110 Å². The second-order valence-electron chi connectivity index (χ2n) is 3.51. The smallest absolute Gasteiger partial charge is 0.331 e. The molecule has 0 radical (unpaired) electrons. The van der Waals surface area contributed by atoms with Crippen LogP contribution in [0.2, 0.25) is 0 Å². The number of nitrogens with zero attached hydrogens (tertiary/aromatic N) is 1. The van der Waals surface area contributed by atoms with E-state index in [1.807, 2.05) is 0 Å². The number of pyridine rings is 1. The third kappa shape index (κ3) is 3.92. The zero-order valence-corrected chi connectivity index (χ0v) is 10.8. The van der Waals surface area contributed by atoms with Crippen LogP contribution in [0, 0.1) is 0 Å². The van der Waals surface area contributed by atoms with Crippen molar-refractivity contribution in [3.05, 3.63) is 24.0 Å². The lowest BCUT2D eigenvalue weighted by atomic mass is 10.2. The monoisotopic (exact) mass is 268 g/mol. The molecule has 0 aliphatic heterocycles. The number of rotatable bonds is 6. The summed E-state index contributed by atoms with van der Waals surface area (Å²) in [6.07, 6.45) is 1.43. The van der Waals surface area contributed by atoms with Gasteiger partial charge in [0.1, 0.15) is 5.75 Å². The Morgan fingerprint density at radius 1 is 1.53 bits per heavy atom. The Morgan fingerprint density at radius 3 is 2.84 bits per heavy atom. The molecular weight excluding hydrogens is 252 g/mol. The van der Waals surface area contributed by atoms with Crippen molar-refractivity contribution in [2.24, 2.45) is 0 Å². The molecule has 1 heterocycles. The number of nitrogens with one attached hydrogen (secondary N) is 1. The molecule has 1 atom stereocenters. The summed E-state index contributed by atoms with van der Waals surface area (Å²) in [4.78, 5) is 27.2. The first-order chi connectivity index (χ1) is 9.13. The molecule has 7 heteroatoms. The van der Waals surface area contributed by atoms with E-state index < -0.39 is 24.5 Å². The molecule has 0 saturated heterocycles. The van der Waals surface area contributed by atoms with Gasteiger partial charge in [-0.1, -0.05) is 0 Å². The van der Waals surface area contributed by atoms with E-state index in [9.17, 15) is 9.59 Å². The quantitative estimate of drug-likeness (QED) is 0.690. The summed E-state index contributed by atoms with van der Waals surface area (Å²) in [5.74, 6) is -1.04. The number of carbonyl (C=O) groups is 2. The lowest BCUT2D eigenvalue weighted by Crippen LogP contribution is -2.44. The molecule has 0 unspecified atom stereocenters. The van der Waals surface area contributed by atoms with Crippen LogP contribution in [0.25, 0.3) is 0 Å². The highest BCUT2D eigenvalue weighted by Crippen LogP contribution is 2.14. The van der Waals surface area contributed by atoms with Crippen molar-refractivity contribution in [3.8, 4) is 5.75 Å². The van der Waals surface area contributed by atoms with Gasteiger partial charge in [0, 0.05) is 6.20 Å². The number of ether oxygens (including phenoxy) is 2. The van der Waals surface area contributed by atoms with Crippen molar-refractivity contribution in [2.45, 2.75) is 13.0 Å². The summed E-state index contributed by atoms with van der Waals surface area (Å²) in [6, 6.07) is 2.06. The first-order valence-corrected chi connectivity index (χ1v) is 5.71. The van der Waals surface area contributed by atoms with E-state index in [4.69, 9.17) is 14.6 Å². The fraction of sp³-hybridized carbons (Fsp3) is 0.417. The van der Waals surface area contributed by atoms with Crippen LogP contribution in [0.5, 0.6) is 5.75 Å². The number of hydrogen-bond donors (Lipinski definition) is 2. The molecular formula is C12H16N2O5. The Bertz CT molecular complexity index is 450. The normalized spacial score (nSPS) is 11.5. The van der Waals surface area contributed by atoms with Crippen LogP contribution >= 0.6 is 0 Å². The van der Waals surface area contributed by atoms with Crippen LogP contribution in [-0.2, 0) is 9.53 Å². The molecule has 0 aliphatic carbocycles. The number of aliphatic hydroxyl groups is 1. The summed E-state index contributed by atoms with van der Waals surface area (Å²) in [5, 5.41) is 11.4. The summed E-state index contributed by atoms with van der Waals surface area (Å²) in [7, 11) is 1.41. The SMILES string of the molecule is CCOC(=O)[C@H](CO)NC(=O)c1ncccc1OC. The topological polar surface area (TPSA) is 97.8 Å². The molecule has 1 aromatic rings. The third-order valence-electron chi connectivity index (χ3n) is 2.26. The maximum Gasteiger partial charge on any atom is 0.331 e. The molecule has 0 saturated carbocycles. The molecule has 0 aromatic carbocycles. The Balaban J connectivity index is 2.80. The predicted molar refractivity (Wildman–Crippen MR) is 65.8 cm³/mol.